The van der Waals surface area contributed by atoms with Crippen LogP contribution < -0.4 is 21.3 Å². The van der Waals surface area contributed by atoms with E-state index in [9.17, 15) is 9.59 Å². The molecule has 0 aliphatic carbocycles. The van der Waals surface area contributed by atoms with Gasteiger partial charge in [-0.3, -0.25) is 9.59 Å². The molecule has 7 nitrogen and oxygen atoms in total. The van der Waals surface area contributed by atoms with Gasteiger partial charge in [0.25, 0.3) is 11.5 Å². The molecule has 1 heterocycles. The standard InChI is InChI=1S/C21H24N4O3/c1-14(2)13-25-21(27)18-6-4-3-5-17(18)19(24-25)20(26)23-15-7-9-16(10-8-15)28-12-11-22/h3-10,14H,11-13,22H2,1-2H3,(H,23,26). The highest BCUT2D eigenvalue weighted by Gasteiger charge is 2.17. The van der Waals surface area contributed by atoms with Crippen molar-refractivity contribution in [3.63, 3.8) is 0 Å². The van der Waals surface area contributed by atoms with Crippen LogP contribution in [-0.2, 0) is 6.54 Å². The maximum absolute atomic E-state index is 12.9. The van der Waals surface area contributed by atoms with E-state index in [1.165, 1.54) is 4.68 Å². The molecular weight excluding hydrogens is 356 g/mol. The number of hydrogen-bond acceptors (Lipinski definition) is 5. The Kier molecular flexibility index (Phi) is 6.06. The SMILES string of the molecule is CC(C)Cn1nc(C(=O)Nc2ccc(OCCN)cc2)c2ccccc2c1=O. The lowest BCUT2D eigenvalue weighted by atomic mass is 10.1. The molecule has 3 aromatic rings. The van der Waals surface area contributed by atoms with Gasteiger partial charge < -0.3 is 15.8 Å². The summed E-state index contributed by atoms with van der Waals surface area (Å²) in [6, 6.07) is 14.0. The van der Waals surface area contributed by atoms with Crippen LogP contribution in [0.2, 0.25) is 0 Å². The lowest BCUT2D eigenvalue weighted by molar-refractivity contribution is 0.102. The van der Waals surface area contributed by atoms with Gasteiger partial charge in [0.2, 0.25) is 0 Å². The van der Waals surface area contributed by atoms with Crippen molar-refractivity contribution < 1.29 is 9.53 Å². The molecular formula is C21H24N4O3. The number of nitrogens with two attached hydrogens (primary N) is 1. The highest BCUT2D eigenvalue weighted by molar-refractivity contribution is 6.11. The van der Waals surface area contributed by atoms with Crippen molar-refractivity contribution in [1.29, 1.82) is 0 Å². The molecule has 0 saturated heterocycles. The fourth-order valence-corrected chi connectivity index (χ4v) is 2.87. The van der Waals surface area contributed by atoms with E-state index in [4.69, 9.17) is 10.5 Å². The first-order valence-corrected chi connectivity index (χ1v) is 9.23. The van der Waals surface area contributed by atoms with Crippen molar-refractivity contribution in [2.45, 2.75) is 20.4 Å². The van der Waals surface area contributed by atoms with E-state index in [-0.39, 0.29) is 23.1 Å². The number of carbonyl (C=O) groups excluding carboxylic acids is 1. The fourth-order valence-electron chi connectivity index (χ4n) is 2.87. The number of benzene rings is 2. The van der Waals surface area contributed by atoms with Crippen molar-refractivity contribution in [2.24, 2.45) is 11.7 Å². The molecule has 7 heteroatoms. The minimum absolute atomic E-state index is 0.192. The van der Waals surface area contributed by atoms with Crippen LogP contribution in [0.15, 0.2) is 53.3 Å². The average Bonchev–Trinajstić information content (AvgIpc) is 2.69. The van der Waals surface area contributed by atoms with Crippen LogP contribution in [0.5, 0.6) is 5.75 Å². The molecule has 2 aromatic carbocycles. The largest absolute Gasteiger partial charge is 0.492 e. The van der Waals surface area contributed by atoms with Gasteiger partial charge in [0.1, 0.15) is 12.4 Å². The zero-order valence-electron chi connectivity index (χ0n) is 16.0. The number of nitrogens with one attached hydrogen (secondary N) is 1. The third-order valence-corrected chi connectivity index (χ3v) is 4.12. The highest BCUT2D eigenvalue weighted by Crippen LogP contribution is 2.18. The van der Waals surface area contributed by atoms with Gasteiger partial charge in [0.05, 0.1) is 5.39 Å². The lowest BCUT2D eigenvalue weighted by Gasteiger charge is -2.13. The molecule has 0 radical (unpaired) electrons. The van der Waals surface area contributed by atoms with Gasteiger partial charge >= 0.3 is 0 Å². The van der Waals surface area contributed by atoms with Crippen LogP contribution in [-0.4, -0.2) is 28.8 Å². The predicted molar refractivity (Wildman–Crippen MR) is 110 cm³/mol. The lowest BCUT2D eigenvalue weighted by Crippen LogP contribution is -2.29. The van der Waals surface area contributed by atoms with Crippen molar-refractivity contribution >= 4 is 22.4 Å². The van der Waals surface area contributed by atoms with Crippen LogP contribution in [0.1, 0.15) is 24.3 Å². The van der Waals surface area contributed by atoms with E-state index >= 15 is 0 Å². The Labute approximate surface area is 163 Å². The number of nitrogens with zero attached hydrogens (tertiary/aromatic N) is 2. The second-order valence-electron chi connectivity index (χ2n) is 6.89. The summed E-state index contributed by atoms with van der Waals surface area (Å²) in [4.78, 5) is 25.6. The third-order valence-electron chi connectivity index (χ3n) is 4.12. The second kappa shape index (κ2) is 8.67. The number of carbonyl (C=O) groups is 1. The summed E-state index contributed by atoms with van der Waals surface area (Å²) >= 11 is 0. The molecule has 0 aliphatic heterocycles. The fraction of sp³-hybridized carbons (Fsp3) is 0.286. The number of fused-ring (bicyclic) bond motifs is 1. The third kappa shape index (κ3) is 4.37. The average molecular weight is 380 g/mol. The first kappa shape index (κ1) is 19.6. The highest BCUT2D eigenvalue weighted by atomic mass is 16.5. The van der Waals surface area contributed by atoms with Gasteiger partial charge in [0.15, 0.2) is 5.69 Å². The first-order valence-electron chi connectivity index (χ1n) is 9.23. The zero-order valence-corrected chi connectivity index (χ0v) is 16.0. The number of amides is 1. The molecule has 146 valence electrons. The summed E-state index contributed by atoms with van der Waals surface area (Å²) in [6.07, 6.45) is 0. The summed E-state index contributed by atoms with van der Waals surface area (Å²) in [5.74, 6) is 0.533. The summed E-state index contributed by atoms with van der Waals surface area (Å²) in [7, 11) is 0. The minimum atomic E-state index is -0.371. The Bertz CT molecular complexity index is 1030. The smallest absolute Gasteiger partial charge is 0.276 e. The van der Waals surface area contributed by atoms with Crippen LogP contribution in [0.25, 0.3) is 10.8 Å². The normalized spacial score (nSPS) is 11.0. The van der Waals surface area contributed by atoms with Gasteiger partial charge in [-0.1, -0.05) is 32.0 Å². The molecule has 0 atom stereocenters. The van der Waals surface area contributed by atoms with Gasteiger partial charge in [0, 0.05) is 24.2 Å². The molecule has 0 aliphatic rings. The van der Waals surface area contributed by atoms with E-state index in [1.54, 1.807) is 48.5 Å². The molecule has 3 N–H and O–H groups in total. The Morgan fingerprint density at radius 3 is 2.46 bits per heavy atom. The first-order chi connectivity index (χ1) is 13.5. The van der Waals surface area contributed by atoms with Crippen molar-refractivity contribution in [2.75, 3.05) is 18.5 Å². The number of aromatic nitrogens is 2. The topological polar surface area (TPSA) is 99.2 Å². The van der Waals surface area contributed by atoms with E-state index in [1.807, 2.05) is 13.8 Å². The molecule has 0 saturated carbocycles. The summed E-state index contributed by atoms with van der Waals surface area (Å²) in [5, 5.41) is 8.20. The molecule has 1 amide bonds. The monoisotopic (exact) mass is 380 g/mol. The van der Waals surface area contributed by atoms with Gasteiger partial charge in [-0.2, -0.15) is 5.10 Å². The van der Waals surface area contributed by atoms with Crippen molar-refractivity contribution in [3.05, 3.63) is 64.6 Å². The Balaban J connectivity index is 1.92. The van der Waals surface area contributed by atoms with Gasteiger partial charge in [-0.05, 0) is 36.2 Å². The molecule has 0 fully saturated rings. The van der Waals surface area contributed by atoms with Crippen LogP contribution >= 0.6 is 0 Å². The van der Waals surface area contributed by atoms with E-state index < -0.39 is 0 Å². The molecule has 0 spiro atoms. The molecule has 1 aromatic heterocycles. The maximum atomic E-state index is 12.9. The quantitative estimate of drug-likeness (QED) is 0.656. The van der Waals surface area contributed by atoms with E-state index in [2.05, 4.69) is 10.4 Å². The molecule has 28 heavy (non-hydrogen) atoms. The summed E-state index contributed by atoms with van der Waals surface area (Å²) in [5.41, 5.74) is 6.06. The zero-order chi connectivity index (χ0) is 20.1. The summed E-state index contributed by atoms with van der Waals surface area (Å²) < 4.78 is 6.80. The molecule has 3 rings (SSSR count). The minimum Gasteiger partial charge on any atom is -0.492 e. The Morgan fingerprint density at radius 2 is 1.82 bits per heavy atom. The number of ether oxygens (including phenoxy) is 1. The molecule has 0 unspecified atom stereocenters. The van der Waals surface area contributed by atoms with Crippen LogP contribution in [0.3, 0.4) is 0 Å². The van der Waals surface area contributed by atoms with Crippen molar-refractivity contribution in [3.8, 4) is 5.75 Å². The number of anilines is 1. The molecule has 0 bridgehead atoms. The number of hydrogen-bond donors (Lipinski definition) is 2. The second-order valence-corrected chi connectivity index (χ2v) is 6.89. The Hall–Kier alpha value is -3.19. The number of rotatable bonds is 7. The van der Waals surface area contributed by atoms with Gasteiger partial charge in [-0.15, -0.1) is 0 Å². The van der Waals surface area contributed by atoms with E-state index in [0.717, 1.165) is 0 Å². The van der Waals surface area contributed by atoms with Gasteiger partial charge in [-0.25, -0.2) is 4.68 Å². The van der Waals surface area contributed by atoms with Crippen LogP contribution in [0, 0.1) is 5.92 Å². The van der Waals surface area contributed by atoms with Crippen molar-refractivity contribution in [1.82, 2.24) is 9.78 Å². The Morgan fingerprint density at radius 1 is 1.14 bits per heavy atom. The summed E-state index contributed by atoms with van der Waals surface area (Å²) in [6.45, 7) is 5.30. The van der Waals surface area contributed by atoms with Crippen LogP contribution in [0.4, 0.5) is 5.69 Å². The predicted octanol–water partition coefficient (Wildman–Crippen LogP) is 2.64. The van der Waals surface area contributed by atoms with E-state index in [0.29, 0.717) is 41.9 Å². The maximum Gasteiger partial charge on any atom is 0.276 e.